The van der Waals surface area contributed by atoms with E-state index in [0.717, 1.165) is 95.1 Å². The molecule has 78 heavy (non-hydrogen) atoms. The molecule has 0 atom stereocenters. The molecule has 0 spiro atoms. The zero-order chi connectivity index (χ0) is 54.1. The SMILES string of the molecule is Cc1cc(C(C)(C)C)ccc1N1c2cc(-c3ccccc3)ccc2[B]c2c(-c3cc(N(c4ccc(C(C)(C)C)cc4)c4ccc(C(C)(C)C)cc4)ccc3Nc3ccc(-c4ccccc4)cc3)cc3c(oc4ccccc43)c21. The topological polar surface area (TPSA) is 31.6 Å². The Labute approximate surface area is 462 Å². The number of furan rings is 1. The second-order valence-corrected chi connectivity index (χ2v) is 24.3. The predicted molar refractivity (Wildman–Crippen MR) is 335 cm³/mol. The smallest absolute Gasteiger partial charge is 0.198 e. The molecular weight excluding hydrogens is 946 g/mol. The van der Waals surface area contributed by atoms with Crippen molar-refractivity contribution < 1.29 is 4.42 Å². The van der Waals surface area contributed by atoms with E-state index >= 15 is 0 Å². The van der Waals surface area contributed by atoms with Gasteiger partial charge >= 0.3 is 0 Å². The third-order valence-corrected chi connectivity index (χ3v) is 15.7. The number of rotatable bonds is 9. The fourth-order valence-corrected chi connectivity index (χ4v) is 11.2. The van der Waals surface area contributed by atoms with Crippen molar-refractivity contribution in [1.82, 2.24) is 0 Å². The second kappa shape index (κ2) is 19.5. The lowest BCUT2D eigenvalue weighted by Gasteiger charge is -2.36. The lowest BCUT2D eigenvalue weighted by atomic mass is 9.57. The highest BCUT2D eigenvalue weighted by molar-refractivity contribution is 6.74. The first-order chi connectivity index (χ1) is 37.5. The second-order valence-electron chi connectivity index (χ2n) is 24.3. The molecule has 0 saturated heterocycles. The van der Waals surface area contributed by atoms with Crippen LogP contribution < -0.4 is 26.0 Å². The molecule has 0 fully saturated rings. The number of benzene rings is 10. The van der Waals surface area contributed by atoms with Crippen LogP contribution in [0.1, 0.15) is 84.6 Å². The van der Waals surface area contributed by atoms with E-state index < -0.39 is 0 Å². The first kappa shape index (κ1) is 50.3. The number of hydrogen-bond donors (Lipinski definition) is 1. The number of anilines is 8. The quantitative estimate of drug-likeness (QED) is 0.146. The molecule has 0 aliphatic carbocycles. The Morgan fingerprint density at radius 1 is 0.436 bits per heavy atom. The molecule has 0 unspecified atom stereocenters. The average Bonchev–Trinajstić information content (AvgIpc) is 3.88. The molecule has 1 radical (unpaired) electrons. The van der Waals surface area contributed by atoms with E-state index in [9.17, 15) is 0 Å². The van der Waals surface area contributed by atoms with E-state index in [1.54, 1.807) is 0 Å². The van der Waals surface area contributed by atoms with Crippen LogP contribution in [0.25, 0.3) is 55.3 Å². The fraction of sp³-hybridized carbons (Fsp3) is 0.178. The summed E-state index contributed by atoms with van der Waals surface area (Å²) < 4.78 is 7.17. The van der Waals surface area contributed by atoms with Crippen LogP contribution in [0.3, 0.4) is 0 Å². The van der Waals surface area contributed by atoms with Crippen molar-refractivity contribution >= 4 is 85.6 Å². The fourth-order valence-electron chi connectivity index (χ4n) is 11.2. The van der Waals surface area contributed by atoms with Crippen LogP contribution in [-0.2, 0) is 16.2 Å². The summed E-state index contributed by atoms with van der Waals surface area (Å²) >= 11 is 0. The van der Waals surface area contributed by atoms with Crippen molar-refractivity contribution in [3.8, 4) is 33.4 Å². The van der Waals surface area contributed by atoms with Crippen LogP contribution in [0.15, 0.2) is 223 Å². The van der Waals surface area contributed by atoms with Crippen LogP contribution in [0.2, 0.25) is 0 Å². The summed E-state index contributed by atoms with van der Waals surface area (Å²) in [5.74, 6) is 0. The zero-order valence-electron chi connectivity index (χ0n) is 46.7. The van der Waals surface area contributed by atoms with E-state index in [-0.39, 0.29) is 16.2 Å². The normalized spacial score (nSPS) is 12.6. The zero-order valence-corrected chi connectivity index (χ0v) is 46.7. The molecular formula is C73H67BN3O. The van der Waals surface area contributed by atoms with Gasteiger partial charge in [0, 0.05) is 56.1 Å². The minimum atomic E-state index is -0.0259. The number of nitrogens with one attached hydrogen (secondary N) is 1. The first-order valence-corrected chi connectivity index (χ1v) is 27.5. The van der Waals surface area contributed by atoms with Crippen molar-refractivity contribution in [2.75, 3.05) is 15.1 Å². The number of para-hydroxylation sites is 1. The molecule has 5 heteroatoms. The van der Waals surface area contributed by atoms with Gasteiger partial charge in [-0.3, -0.25) is 0 Å². The Bertz CT molecular complexity index is 3950. The number of hydrogen-bond acceptors (Lipinski definition) is 4. The van der Waals surface area contributed by atoms with Gasteiger partial charge in [-0.05, 0) is 158 Å². The van der Waals surface area contributed by atoms with Crippen molar-refractivity contribution in [2.24, 2.45) is 0 Å². The average molecular weight is 1010 g/mol. The lowest BCUT2D eigenvalue weighted by Crippen LogP contribution is -2.41. The first-order valence-electron chi connectivity index (χ1n) is 27.5. The molecule has 1 aliphatic heterocycles. The largest absolute Gasteiger partial charge is 0.454 e. The van der Waals surface area contributed by atoms with Crippen molar-refractivity contribution in [1.29, 1.82) is 0 Å². The minimum absolute atomic E-state index is 0.00574. The van der Waals surface area contributed by atoms with Crippen molar-refractivity contribution in [3.05, 3.63) is 241 Å². The molecule has 1 N–H and O–H groups in total. The summed E-state index contributed by atoms with van der Waals surface area (Å²) in [6, 6.07) is 80.2. The Morgan fingerprint density at radius 3 is 1.58 bits per heavy atom. The van der Waals surface area contributed by atoms with E-state index in [1.165, 1.54) is 38.9 Å². The standard InChI is InChI=1S/C73H67BN3O/c1-47-43-54(73(8,9)10)32-42-65(47)77-66-44-51(49-21-15-12-16-22-49)27-40-63(66)74-68-61(46-62-59-23-17-18-24-67(59)78-70(62)69(68)77)60-45-58(39-41-64(60)75-55-33-25-50(26-34-55)48-19-13-11-14-20-48)76(56-35-28-52(29-36-56)71(2,3)4)57-37-30-53(31-38-57)72(5,6)7/h11-46,75H,1-10H3. The van der Waals surface area contributed by atoms with Crippen LogP contribution in [-0.4, -0.2) is 7.28 Å². The third-order valence-electron chi connectivity index (χ3n) is 15.7. The lowest BCUT2D eigenvalue weighted by molar-refractivity contribution is 0.589. The van der Waals surface area contributed by atoms with Gasteiger partial charge in [-0.15, -0.1) is 0 Å². The van der Waals surface area contributed by atoms with Gasteiger partial charge in [0.1, 0.15) is 5.58 Å². The third kappa shape index (κ3) is 9.46. The van der Waals surface area contributed by atoms with Crippen molar-refractivity contribution in [2.45, 2.75) is 85.5 Å². The molecule has 0 saturated carbocycles. The highest BCUT2D eigenvalue weighted by atomic mass is 16.3. The highest BCUT2D eigenvalue weighted by Crippen LogP contribution is 2.49. The summed E-state index contributed by atoms with van der Waals surface area (Å²) in [6.45, 7) is 22.8. The molecule has 12 rings (SSSR count). The monoisotopic (exact) mass is 1010 g/mol. The molecule has 10 aromatic carbocycles. The highest BCUT2D eigenvalue weighted by Gasteiger charge is 2.34. The molecule has 11 aromatic rings. The van der Waals surface area contributed by atoms with Crippen LogP contribution in [0.5, 0.6) is 0 Å². The van der Waals surface area contributed by atoms with E-state index in [0.29, 0.717) is 0 Å². The van der Waals surface area contributed by atoms with E-state index in [4.69, 9.17) is 4.42 Å². The van der Waals surface area contributed by atoms with Crippen molar-refractivity contribution in [3.63, 3.8) is 0 Å². The van der Waals surface area contributed by atoms with Crippen LogP contribution >= 0.6 is 0 Å². The molecule has 2 heterocycles. The van der Waals surface area contributed by atoms with Gasteiger partial charge in [-0.1, -0.05) is 207 Å². The maximum atomic E-state index is 7.17. The molecule has 383 valence electrons. The summed E-state index contributed by atoms with van der Waals surface area (Å²) in [5, 5.41) is 6.10. The molecule has 0 bridgehead atoms. The van der Waals surface area contributed by atoms with Gasteiger partial charge < -0.3 is 19.5 Å². The molecule has 0 amide bonds. The van der Waals surface area contributed by atoms with Gasteiger partial charge in [0.25, 0.3) is 0 Å². The molecule has 4 nitrogen and oxygen atoms in total. The number of aryl methyl sites for hydroxylation is 1. The van der Waals surface area contributed by atoms with Crippen LogP contribution in [0, 0.1) is 6.92 Å². The molecule has 1 aromatic heterocycles. The number of fused-ring (bicyclic) bond motifs is 6. The van der Waals surface area contributed by atoms with E-state index in [1.807, 2.05) is 0 Å². The summed E-state index contributed by atoms with van der Waals surface area (Å²) in [7, 11) is 2.40. The Hall–Kier alpha value is -8.54. The summed E-state index contributed by atoms with van der Waals surface area (Å²) in [6.07, 6.45) is 0. The Balaban J connectivity index is 1.14. The number of nitrogens with zero attached hydrogens (tertiary/aromatic N) is 2. The summed E-state index contributed by atoms with van der Waals surface area (Å²) in [5.41, 5.74) is 24.2. The molecule has 1 aliphatic rings. The maximum Gasteiger partial charge on any atom is 0.198 e. The Morgan fingerprint density at radius 2 is 0.974 bits per heavy atom. The summed E-state index contributed by atoms with van der Waals surface area (Å²) in [4.78, 5) is 4.90. The van der Waals surface area contributed by atoms with Gasteiger partial charge in [-0.25, -0.2) is 0 Å². The Kier molecular flexibility index (Phi) is 12.6. The van der Waals surface area contributed by atoms with Gasteiger partial charge in [0.05, 0.1) is 5.69 Å². The van der Waals surface area contributed by atoms with Crippen LogP contribution in [0.4, 0.5) is 45.5 Å². The van der Waals surface area contributed by atoms with Gasteiger partial charge in [-0.2, -0.15) is 0 Å². The van der Waals surface area contributed by atoms with Gasteiger partial charge in [0.2, 0.25) is 0 Å². The van der Waals surface area contributed by atoms with E-state index in [2.05, 4.69) is 310 Å². The van der Waals surface area contributed by atoms with Gasteiger partial charge in [0.15, 0.2) is 12.9 Å². The predicted octanol–water partition coefficient (Wildman–Crippen LogP) is 19.4. The maximum absolute atomic E-state index is 7.17. The minimum Gasteiger partial charge on any atom is -0.454 e.